The minimum Gasteiger partial charge on any atom is -0.370 e. The average molecular weight is 271 g/mol. The van der Waals surface area contributed by atoms with E-state index >= 15 is 0 Å². The molecule has 1 aromatic heterocycles. The van der Waals surface area contributed by atoms with E-state index in [0.717, 1.165) is 12.2 Å². The molecule has 5 heteroatoms. The zero-order chi connectivity index (χ0) is 14.4. The first kappa shape index (κ1) is 14.1. The highest BCUT2D eigenvalue weighted by Gasteiger charge is 2.01. The second-order valence-electron chi connectivity index (χ2n) is 4.97. The van der Waals surface area contributed by atoms with Crippen LogP contribution in [0.5, 0.6) is 0 Å². The number of imidazole rings is 1. The van der Waals surface area contributed by atoms with Crippen LogP contribution < -0.4 is 11.1 Å². The summed E-state index contributed by atoms with van der Waals surface area (Å²) >= 11 is 0. The molecule has 20 heavy (non-hydrogen) atoms. The molecule has 5 nitrogen and oxygen atoms in total. The first-order chi connectivity index (χ1) is 9.65. The number of aliphatic imine (C=N–C) groups is 1. The molecule has 2 aromatic rings. The summed E-state index contributed by atoms with van der Waals surface area (Å²) in [7, 11) is 0. The minimum atomic E-state index is 0.436. The standard InChI is InChI=1S/C15H21N5/c1-12(2)13-4-3-5-14(10-13)19-15(16)18-7-9-20-8-6-17-11-20/h3-6,8,10-12H,7,9H2,1-2H3,(H3,16,18,19). The lowest BCUT2D eigenvalue weighted by Gasteiger charge is -2.10. The Labute approximate surface area is 119 Å². The van der Waals surface area contributed by atoms with E-state index < -0.39 is 0 Å². The van der Waals surface area contributed by atoms with Crippen LogP contribution in [0, 0.1) is 0 Å². The largest absolute Gasteiger partial charge is 0.370 e. The summed E-state index contributed by atoms with van der Waals surface area (Å²) in [5.41, 5.74) is 8.14. The van der Waals surface area contributed by atoms with Crippen molar-refractivity contribution in [3.05, 3.63) is 48.5 Å². The van der Waals surface area contributed by atoms with Gasteiger partial charge in [-0.3, -0.25) is 4.99 Å². The van der Waals surface area contributed by atoms with Gasteiger partial charge < -0.3 is 15.6 Å². The van der Waals surface area contributed by atoms with Crippen molar-refractivity contribution in [2.24, 2.45) is 10.7 Å². The predicted octanol–water partition coefficient (Wildman–Crippen LogP) is 2.43. The normalized spacial score (nSPS) is 11.8. The lowest BCUT2D eigenvalue weighted by atomic mass is 10.0. The smallest absolute Gasteiger partial charge is 0.193 e. The highest BCUT2D eigenvalue weighted by molar-refractivity contribution is 5.92. The molecule has 0 aliphatic rings. The average Bonchev–Trinajstić information content (AvgIpc) is 2.92. The minimum absolute atomic E-state index is 0.436. The Kier molecular flexibility index (Phi) is 4.76. The molecule has 0 saturated carbocycles. The molecule has 3 N–H and O–H groups in total. The zero-order valence-corrected chi connectivity index (χ0v) is 12.0. The molecule has 1 aromatic carbocycles. The second kappa shape index (κ2) is 6.75. The fourth-order valence-corrected chi connectivity index (χ4v) is 1.87. The van der Waals surface area contributed by atoms with Crippen molar-refractivity contribution in [3.8, 4) is 0 Å². The third-order valence-corrected chi connectivity index (χ3v) is 3.03. The van der Waals surface area contributed by atoms with Gasteiger partial charge >= 0.3 is 0 Å². The van der Waals surface area contributed by atoms with Gasteiger partial charge in [-0.15, -0.1) is 0 Å². The Balaban J connectivity index is 1.90. The zero-order valence-electron chi connectivity index (χ0n) is 12.0. The van der Waals surface area contributed by atoms with E-state index in [-0.39, 0.29) is 0 Å². The van der Waals surface area contributed by atoms with Crippen LogP contribution in [0.1, 0.15) is 25.3 Å². The fourth-order valence-electron chi connectivity index (χ4n) is 1.87. The van der Waals surface area contributed by atoms with Gasteiger partial charge in [-0.2, -0.15) is 0 Å². The SMILES string of the molecule is CC(C)c1cccc(NC(N)=NCCn2ccnc2)c1. The molecule has 0 aliphatic carbocycles. The van der Waals surface area contributed by atoms with E-state index in [9.17, 15) is 0 Å². The van der Waals surface area contributed by atoms with Crippen LogP contribution in [0.3, 0.4) is 0 Å². The van der Waals surface area contributed by atoms with Crippen LogP contribution in [-0.2, 0) is 6.54 Å². The van der Waals surface area contributed by atoms with Gasteiger partial charge in [0.1, 0.15) is 0 Å². The van der Waals surface area contributed by atoms with Crippen molar-refractivity contribution in [2.75, 3.05) is 11.9 Å². The van der Waals surface area contributed by atoms with E-state index in [0.29, 0.717) is 18.4 Å². The van der Waals surface area contributed by atoms with E-state index in [1.165, 1.54) is 5.56 Å². The number of rotatable bonds is 5. The Morgan fingerprint density at radius 3 is 3.00 bits per heavy atom. The first-order valence-electron chi connectivity index (χ1n) is 6.78. The topological polar surface area (TPSA) is 68.2 Å². The number of guanidine groups is 1. The summed E-state index contributed by atoms with van der Waals surface area (Å²) in [5, 5.41) is 3.12. The van der Waals surface area contributed by atoms with Crippen LogP contribution in [-0.4, -0.2) is 22.1 Å². The number of nitrogens with zero attached hydrogens (tertiary/aromatic N) is 3. The lowest BCUT2D eigenvalue weighted by molar-refractivity contribution is 0.708. The molecule has 0 saturated heterocycles. The first-order valence-corrected chi connectivity index (χ1v) is 6.78. The summed E-state index contributed by atoms with van der Waals surface area (Å²) in [6.45, 7) is 5.73. The van der Waals surface area contributed by atoms with Gasteiger partial charge in [0.2, 0.25) is 0 Å². The molecule has 0 amide bonds. The van der Waals surface area contributed by atoms with Crippen molar-refractivity contribution in [1.29, 1.82) is 0 Å². The van der Waals surface area contributed by atoms with Crippen molar-refractivity contribution in [3.63, 3.8) is 0 Å². The predicted molar refractivity (Wildman–Crippen MR) is 82.9 cm³/mol. The van der Waals surface area contributed by atoms with Crippen molar-refractivity contribution >= 4 is 11.6 Å². The maximum absolute atomic E-state index is 5.89. The maximum atomic E-state index is 5.89. The maximum Gasteiger partial charge on any atom is 0.193 e. The highest BCUT2D eigenvalue weighted by Crippen LogP contribution is 2.18. The second-order valence-corrected chi connectivity index (χ2v) is 4.97. The van der Waals surface area contributed by atoms with Crippen LogP contribution in [0.25, 0.3) is 0 Å². The molecular weight excluding hydrogens is 250 g/mol. The summed E-state index contributed by atoms with van der Waals surface area (Å²) in [4.78, 5) is 8.29. The van der Waals surface area contributed by atoms with Crippen LogP contribution in [0.2, 0.25) is 0 Å². The van der Waals surface area contributed by atoms with Gasteiger partial charge in [0, 0.05) is 24.6 Å². The molecule has 0 bridgehead atoms. The van der Waals surface area contributed by atoms with Gasteiger partial charge in [0.05, 0.1) is 12.9 Å². The summed E-state index contributed by atoms with van der Waals surface area (Å²) in [6, 6.07) is 8.23. The quantitative estimate of drug-likeness (QED) is 0.648. The van der Waals surface area contributed by atoms with Gasteiger partial charge in [0.15, 0.2) is 5.96 Å². The Hall–Kier alpha value is -2.30. The van der Waals surface area contributed by atoms with Crippen LogP contribution in [0.15, 0.2) is 48.0 Å². The molecular formula is C15H21N5. The number of nitrogens with one attached hydrogen (secondary N) is 1. The molecule has 106 valence electrons. The van der Waals surface area contributed by atoms with Crippen molar-refractivity contribution < 1.29 is 0 Å². The third-order valence-electron chi connectivity index (χ3n) is 3.03. The Morgan fingerprint density at radius 1 is 1.45 bits per heavy atom. The summed E-state index contributed by atoms with van der Waals surface area (Å²) in [6.07, 6.45) is 5.43. The van der Waals surface area contributed by atoms with Crippen LogP contribution >= 0.6 is 0 Å². The van der Waals surface area contributed by atoms with E-state index in [1.807, 2.05) is 22.9 Å². The molecule has 0 fully saturated rings. The molecule has 1 heterocycles. The number of nitrogens with two attached hydrogens (primary N) is 1. The van der Waals surface area contributed by atoms with Gasteiger partial charge in [-0.25, -0.2) is 4.98 Å². The lowest BCUT2D eigenvalue weighted by Crippen LogP contribution is -2.23. The van der Waals surface area contributed by atoms with Crippen LogP contribution in [0.4, 0.5) is 5.69 Å². The number of anilines is 1. The number of benzene rings is 1. The van der Waals surface area contributed by atoms with E-state index in [4.69, 9.17) is 5.73 Å². The number of aromatic nitrogens is 2. The summed E-state index contributed by atoms with van der Waals surface area (Å²) < 4.78 is 1.97. The molecule has 0 spiro atoms. The van der Waals surface area contributed by atoms with Gasteiger partial charge in [-0.05, 0) is 23.6 Å². The fraction of sp³-hybridized carbons (Fsp3) is 0.333. The summed E-state index contributed by atoms with van der Waals surface area (Å²) in [5.74, 6) is 0.933. The van der Waals surface area contributed by atoms with E-state index in [2.05, 4.69) is 41.3 Å². The Bertz CT molecular complexity index is 557. The number of hydrogen-bond donors (Lipinski definition) is 2. The van der Waals surface area contributed by atoms with Crippen molar-refractivity contribution in [2.45, 2.75) is 26.3 Å². The molecule has 2 rings (SSSR count). The van der Waals surface area contributed by atoms with E-state index in [1.54, 1.807) is 12.5 Å². The van der Waals surface area contributed by atoms with Gasteiger partial charge in [0.25, 0.3) is 0 Å². The Morgan fingerprint density at radius 2 is 2.30 bits per heavy atom. The number of hydrogen-bond acceptors (Lipinski definition) is 2. The monoisotopic (exact) mass is 271 g/mol. The molecule has 0 radical (unpaired) electrons. The highest BCUT2D eigenvalue weighted by atomic mass is 15.1. The third kappa shape index (κ3) is 4.12. The van der Waals surface area contributed by atoms with Crippen molar-refractivity contribution in [1.82, 2.24) is 9.55 Å². The molecule has 0 unspecified atom stereocenters. The molecule has 0 aliphatic heterocycles. The molecule has 0 atom stereocenters. The van der Waals surface area contributed by atoms with Gasteiger partial charge in [-0.1, -0.05) is 26.0 Å².